The summed E-state index contributed by atoms with van der Waals surface area (Å²) in [6, 6.07) is 3.83. The Labute approximate surface area is 143 Å². The van der Waals surface area contributed by atoms with Crippen LogP contribution < -0.4 is 20.3 Å². The molecule has 0 aliphatic carbocycles. The zero-order valence-corrected chi connectivity index (χ0v) is 15.4. The molecule has 124 valence electrons. The van der Waals surface area contributed by atoms with E-state index in [1.807, 2.05) is 26.0 Å². The number of aromatic nitrogens is 2. The summed E-state index contributed by atoms with van der Waals surface area (Å²) in [7, 11) is 4.83. The van der Waals surface area contributed by atoms with E-state index < -0.39 is 0 Å². The van der Waals surface area contributed by atoms with Crippen molar-refractivity contribution >= 4 is 21.6 Å². The highest BCUT2D eigenvalue weighted by molar-refractivity contribution is 9.10. The quantitative estimate of drug-likeness (QED) is 0.861. The zero-order valence-electron chi connectivity index (χ0n) is 13.8. The smallest absolute Gasteiger partial charge is 0.282 e. The molecular formula is C16H20BrN3O3. The van der Waals surface area contributed by atoms with Gasteiger partial charge in [-0.15, -0.1) is 0 Å². The lowest BCUT2D eigenvalue weighted by molar-refractivity contribution is 0.354. The molecule has 1 aromatic heterocycles. The standard InChI is InChI=1S/C16H20BrN3O3/c1-9-6-13(22-4)14(23-5)7-11(9)10(2)19-12-8-18-20(3)16(21)15(12)17/h6-8,10,19H,1-5H3. The minimum absolute atomic E-state index is 0.0417. The van der Waals surface area contributed by atoms with Gasteiger partial charge in [0.2, 0.25) is 0 Å². The molecule has 0 saturated heterocycles. The van der Waals surface area contributed by atoms with Crippen molar-refractivity contribution in [3.05, 3.63) is 44.3 Å². The number of methoxy groups -OCH3 is 2. The molecule has 0 spiro atoms. The van der Waals surface area contributed by atoms with E-state index in [1.54, 1.807) is 27.5 Å². The molecule has 0 saturated carbocycles. The number of nitrogens with zero attached hydrogens (tertiary/aromatic N) is 2. The van der Waals surface area contributed by atoms with Crippen LogP contribution in [-0.2, 0) is 7.05 Å². The number of aryl methyl sites for hydroxylation is 2. The van der Waals surface area contributed by atoms with Crippen LogP contribution in [0.3, 0.4) is 0 Å². The first kappa shape index (κ1) is 17.3. The van der Waals surface area contributed by atoms with Crippen molar-refractivity contribution in [3.8, 4) is 11.5 Å². The molecule has 0 fully saturated rings. The molecule has 1 heterocycles. The van der Waals surface area contributed by atoms with Crippen LogP contribution in [0.2, 0.25) is 0 Å². The molecule has 23 heavy (non-hydrogen) atoms. The molecule has 1 unspecified atom stereocenters. The van der Waals surface area contributed by atoms with Crippen LogP contribution in [0.15, 0.2) is 27.6 Å². The van der Waals surface area contributed by atoms with Crippen molar-refractivity contribution in [1.82, 2.24) is 9.78 Å². The second kappa shape index (κ2) is 7.04. The molecule has 1 atom stereocenters. The Bertz CT molecular complexity index is 774. The van der Waals surface area contributed by atoms with Gasteiger partial charge in [-0.2, -0.15) is 5.10 Å². The molecule has 0 aliphatic heterocycles. The Morgan fingerprint density at radius 1 is 1.26 bits per heavy atom. The largest absolute Gasteiger partial charge is 0.493 e. The van der Waals surface area contributed by atoms with Crippen LogP contribution in [0.5, 0.6) is 11.5 Å². The Balaban J connectivity index is 2.36. The maximum Gasteiger partial charge on any atom is 0.282 e. The average Bonchev–Trinajstić information content (AvgIpc) is 2.54. The van der Waals surface area contributed by atoms with E-state index in [1.165, 1.54) is 4.68 Å². The molecule has 0 amide bonds. The van der Waals surface area contributed by atoms with Gasteiger partial charge in [0.25, 0.3) is 5.56 Å². The lowest BCUT2D eigenvalue weighted by atomic mass is 10.0. The van der Waals surface area contributed by atoms with Gasteiger partial charge in [-0.25, -0.2) is 4.68 Å². The summed E-state index contributed by atoms with van der Waals surface area (Å²) >= 11 is 3.32. The van der Waals surface area contributed by atoms with E-state index in [0.717, 1.165) is 11.1 Å². The molecule has 7 heteroatoms. The van der Waals surface area contributed by atoms with Gasteiger partial charge in [0.05, 0.1) is 26.1 Å². The third-order valence-electron chi connectivity index (χ3n) is 3.69. The summed E-state index contributed by atoms with van der Waals surface area (Å²) in [5.41, 5.74) is 2.58. The van der Waals surface area contributed by atoms with Crippen molar-refractivity contribution in [2.45, 2.75) is 19.9 Å². The van der Waals surface area contributed by atoms with Gasteiger partial charge in [0.15, 0.2) is 11.5 Å². The number of hydrogen-bond acceptors (Lipinski definition) is 5. The Hall–Kier alpha value is -2.02. The van der Waals surface area contributed by atoms with Gasteiger partial charge in [0, 0.05) is 13.1 Å². The first-order valence-corrected chi connectivity index (χ1v) is 7.89. The van der Waals surface area contributed by atoms with E-state index in [9.17, 15) is 4.79 Å². The monoisotopic (exact) mass is 381 g/mol. The number of hydrogen-bond donors (Lipinski definition) is 1. The Morgan fingerprint density at radius 3 is 2.48 bits per heavy atom. The summed E-state index contributed by atoms with van der Waals surface area (Å²) < 4.78 is 12.4. The molecule has 0 radical (unpaired) electrons. The zero-order chi connectivity index (χ0) is 17.1. The van der Waals surface area contributed by atoms with E-state index >= 15 is 0 Å². The normalized spacial score (nSPS) is 11.9. The minimum atomic E-state index is -0.189. The Morgan fingerprint density at radius 2 is 1.87 bits per heavy atom. The lowest BCUT2D eigenvalue weighted by Gasteiger charge is -2.20. The van der Waals surface area contributed by atoms with Crippen LogP contribution >= 0.6 is 15.9 Å². The Kier molecular flexibility index (Phi) is 5.30. The van der Waals surface area contributed by atoms with E-state index in [2.05, 4.69) is 26.3 Å². The van der Waals surface area contributed by atoms with Crippen LogP contribution in [0.1, 0.15) is 24.1 Å². The maximum atomic E-state index is 11.9. The highest BCUT2D eigenvalue weighted by Gasteiger charge is 2.16. The van der Waals surface area contributed by atoms with E-state index in [-0.39, 0.29) is 11.6 Å². The fraction of sp³-hybridized carbons (Fsp3) is 0.375. The van der Waals surface area contributed by atoms with Gasteiger partial charge < -0.3 is 14.8 Å². The molecular weight excluding hydrogens is 362 g/mol. The van der Waals surface area contributed by atoms with Gasteiger partial charge >= 0.3 is 0 Å². The first-order valence-electron chi connectivity index (χ1n) is 7.09. The average molecular weight is 382 g/mol. The van der Waals surface area contributed by atoms with Crippen LogP contribution in [0, 0.1) is 6.92 Å². The lowest BCUT2D eigenvalue weighted by Crippen LogP contribution is -2.22. The first-order chi connectivity index (χ1) is 10.9. The molecule has 2 rings (SSSR count). The number of ether oxygens (including phenoxy) is 2. The van der Waals surface area contributed by atoms with Gasteiger partial charge in [-0.1, -0.05) is 0 Å². The molecule has 0 bridgehead atoms. The molecule has 6 nitrogen and oxygen atoms in total. The van der Waals surface area contributed by atoms with E-state index in [0.29, 0.717) is 21.7 Å². The fourth-order valence-electron chi connectivity index (χ4n) is 2.39. The van der Waals surface area contributed by atoms with Gasteiger partial charge in [-0.3, -0.25) is 4.79 Å². The van der Waals surface area contributed by atoms with Crippen LogP contribution in [-0.4, -0.2) is 24.0 Å². The topological polar surface area (TPSA) is 65.4 Å². The highest BCUT2D eigenvalue weighted by atomic mass is 79.9. The van der Waals surface area contributed by atoms with Crippen molar-refractivity contribution in [1.29, 1.82) is 0 Å². The molecule has 1 N–H and O–H groups in total. The summed E-state index contributed by atoms with van der Waals surface area (Å²) in [6.07, 6.45) is 1.62. The fourth-order valence-corrected chi connectivity index (χ4v) is 2.86. The summed E-state index contributed by atoms with van der Waals surface area (Å²) in [5.74, 6) is 1.36. The number of halogens is 1. The predicted molar refractivity (Wildman–Crippen MR) is 93.5 cm³/mol. The third-order valence-corrected chi connectivity index (χ3v) is 4.46. The van der Waals surface area contributed by atoms with Gasteiger partial charge in [0.1, 0.15) is 4.47 Å². The molecule has 0 aliphatic rings. The van der Waals surface area contributed by atoms with Crippen molar-refractivity contribution in [2.75, 3.05) is 19.5 Å². The SMILES string of the molecule is COc1cc(C)c(C(C)Nc2cnn(C)c(=O)c2Br)cc1OC. The van der Waals surface area contributed by atoms with Crippen molar-refractivity contribution < 1.29 is 9.47 Å². The molecule has 2 aromatic rings. The second-order valence-electron chi connectivity index (χ2n) is 5.23. The predicted octanol–water partition coefficient (Wildman–Crippen LogP) is 3.04. The summed E-state index contributed by atoms with van der Waals surface area (Å²) in [6.45, 7) is 4.02. The third kappa shape index (κ3) is 3.50. The van der Waals surface area contributed by atoms with Crippen LogP contribution in [0.4, 0.5) is 5.69 Å². The number of anilines is 1. The summed E-state index contributed by atoms with van der Waals surface area (Å²) in [5, 5.41) is 7.34. The van der Waals surface area contributed by atoms with Crippen LogP contribution in [0.25, 0.3) is 0 Å². The maximum absolute atomic E-state index is 11.9. The van der Waals surface area contributed by atoms with Gasteiger partial charge in [-0.05, 0) is 53.0 Å². The van der Waals surface area contributed by atoms with Crippen molar-refractivity contribution in [3.63, 3.8) is 0 Å². The number of nitrogens with one attached hydrogen (secondary N) is 1. The summed E-state index contributed by atoms with van der Waals surface area (Å²) in [4.78, 5) is 11.9. The molecule has 1 aromatic carbocycles. The minimum Gasteiger partial charge on any atom is -0.493 e. The highest BCUT2D eigenvalue weighted by Crippen LogP contribution is 2.34. The number of benzene rings is 1. The van der Waals surface area contributed by atoms with E-state index in [4.69, 9.17) is 9.47 Å². The van der Waals surface area contributed by atoms with Crippen molar-refractivity contribution in [2.24, 2.45) is 7.05 Å². The second-order valence-corrected chi connectivity index (χ2v) is 6.02. The number of rotatable bonds is 5.